The number of hydrogen-bond acceptors (Lipinski definition) is 4. The first-order valence-electron chi connectivity index (χ1n) is 9.38. The molecule has 2 aliphatic rings. The van der Waals surface area contributed by atoms with Gasteiger partial charge in [-0.3, -0.25) is 4.90 Å². The molecule has 6 heteroatoms. The fourth-order valence-corrected chi connectivity index (χ4v) is 4.46. The SMILES string of the molecule is NS(=O)(=O)c1ccc(N2CCN(CCC3=CCc4ccccc43)CC2)cc1. The van der Waals surface area contributed by atoms with Gasteiger partial charge in [-0.05, 0) is 53.8 Å². The first kappa shape index (κ1) is 18.2. The number of primary sulfonamides is 1. The molecular formula is C21H25N3O2S. The molecule has 5 nitrogen and oxygen atoms in total. The van der Waals surface area contributed by atoms with Gasteiger partial charge >= 0.3 is 0 Å². The van der Waals surface area contributed by atoms with Crippen molar-refractivity contribution >= 4 is 21.3 Å². The molecule has 0 saturated carbocycles. The smallest absolute Gasteiger partial charge is 0.238 e. The summed E-state index contributed by atoms with van der Waals surface area (Å²) in [6.07, 6.45) is 4.53. The van der Waals surface area contributed by atoms with Crippen LogP contribution in [0.5, 0.6) is 0 Å². The molecule has 4 rings (SSSR count). The minimum atomic E-state index is -3.63. The minimum Gasteiger partial charge on any atom is -0.369 e. The molecule has 0 amide bonds. The van der Waals surface area contributed by atoms with Gasteiger partial charge in [-0.25, -0.2) is 13.6 Å². The van der Waals surface area contributed by atoms with E-state index < -0.39 is 10.0 Å². The number of nitrogens with zero attached hydrogens (tertiary/aromatic N) is 2. The Kier molecular flexibility index (Phi) is 5.04. The van der Waals surface area contributed by atoms with Crippen LogP contribution in [0.15, 0.2) is 59.5 Å². The summed E-state index contributed by atoms with van der Waals surface area (Å²) in [7, 11) is -3.63. The highest BCUT2D eigenvalue weighted by molar-refractivity contribution is 7.89. The van der Waals surface area contributed by atoms with Crippen LogP contribution in [0, 0.1) is 0 Å². The van der Waals surface area contributed by atoms with Gasteiger partial charge in [0.25, 0.3) is 0 Å². The van der Waals surface area contributed by atoms with Gasteiger partial charge in [0.05, 0.1) is 4.90 Å². The van der Waals surface area contributed by atoms with E-state index in [0.717, 1.165) is 51.3 Å². The molecule has 1 heterocycles. The number of sulfonamides is 1. The molecule has 1 aliphatic carbocycles. The van der Waals surface area contributed by atoms with Crippen molar-refractivity contribution in [1.29, 1.82) is 0 Å². The molecule has 142 valence electrons. The van der Waals surface area contributed by atoms with Gasteiger partial charge in [0.1, 0.15) is 0 Å². The fourth-order valence-electron chi connectivity index (χ4n) is 3.95. The largest absolute Gasteiger partial charge is 0.369 e. The zero-order valence-electron chi connectivity index (χ0n) is 15.3. The highest BCUT2D eigenvalue weighted by Gasteiger charge is 2.19. The first-order valence-corrected chi connectivity index (χ1v) is 10.9. The third-order valence-corrected chi connectivity index (χ3v) is 6.46. The Hall–Kier alpha value is -2.15. The average Bonchev–Trinajstić information content (AvgIpc) is 3.09. The maximum atomic E-state index is 11.4. The Balaban J connectivity index is 1.30. The Bertz CT molecular complexity index is 944. The van der Waals surface area contributed by atoms with Crippen LogP contribution in [0.3, 0.4) is 0 Å². The van der Waals surface area contributed by atoms with Gasteiger partial charge in [-0.1, -0.05) is 30.3 Å². The maximum Gasteiger partial charge on any atom is 0.238 e. The van der Waals surface area contributed by atoms with Crippen molar-refractivity contribution < 1.29 is 8.42 Å². The van der Waals surface area contributed by atoms with Crippen LogP contribution in [-0.2, 0) is 16.4 Å². The summed E-state index contributed by atoms with van der Waals surface area (Å²) in [5, 5.41) is 5.17. The van der Waals surface area contributed by atoms with E-state index in [9.17, 15) is 8.42 Å². The van der Waals surface area contributed by atoms with E-state index in [1.807, 2.05) is 12.1 Å². The maximum absolute atomic E-state index is 11.4. The number of benzene rings is 2. The quantitative estimate of drug-likeness (QED) is 0.861. The molecule has 27 heavy (non-hydrogen) atoms. The lowest BCUT2D eigenvalue weighted by molar-refractivity contribution is 0.264. The van der Waals surface area contributed by atoms with Crippen molar-refractivity contribution in [2.24, 2.45) is 5.14 Å². The zero-order valence-corrected chi connectivity index (χ0v) is 16.2. The van der Waals surface area contributed by atoms with Crippen LogP contribution in [0.1, 0.15) is 17.5 Å². The van der Waals surface area contributed by atoms with E-state index in [1.165, 1.54) is 16.7 Å². The number of hydrogen-bond donors (Lipinski definition) is 1. The van der Waals surface area contributed by atoms with E-state index in [-0.39, 0.29) is 4.90 Å². The minimum absolute atomic E-state index is 0.162. The molecule has 2 N–H and O–H groups in total. The highest BCUT2D eigenvalue weighted by Crippen LogP contribution is 2.29. The molecule has 0 atom stereocenters. The summed E-state index contributed by atoms with van der Waals surface area (Å²) in [5.41, 5.74) is 5.40. The summed E-state index contributed by atoms with van der Waals surface area (Å²) >= 11 is 0. The predicted octanol–water partition coefficient (Wildman–Crippen LogP) is 2.49. The molecule has 1 fully saturated rings. The van der Waals surface area contributed by atoms with Crippen LogP contribution in [0.4, 0.5) is 5.69 Å². The van der Waals surface area contributed by atoms with E-state index in [0.29, 0.717) is 0 Å². The van der Waals surface area contributed by atoms with Crippen LogP contribution < -0.4 is 10.0 Å². The van der Waals surface area contributed by atoms with Gasteiger partial charge in [-0.15, -0.1) is 0 Å². The summed E-state index contributed by atoms with van der Waals surface area (Å²) < 4.78 is 22.7. The molecule has 0 unspecified atom stereocenters. The highest BCUT2D eigenvalue weighted by atomic mass is 32.2. The predicted molar refractivity (Wildman–Crippen MR) is 109 cm³/mol. The fraction of sp³-hybridized carbons (Fsp3) is 0.333. The lowest BCUT2D eigenvalue weighted by Gasteiger charge is -2.36. The molecule has 2 aromatic carbocycles. The number of anilines is 1. The first-order chi connectivity index (χ1) is 13.0. The van der Waals surface area contributed by atoms with E-state index >= 15 is 0 Å². The van der Waals surface area contributed by atoms with Crippen molar-refractivity contribution in [1.82, 2.24) is 4.90 Å². The Morgan fingerprint density at radius 3 is 2.33 bits per heavy atom. The summed E-state index contributed by atoms with van der Waals surface area (Å²) in [4.78, 5) is 4.97. The molecule has 0 radical (unpaired) electrons. The van der Waals surface area contributed by atoms with E-state index in [2.05, 4.69) is 40.1 Å². The van der Waals surface area contributed by atoms with Crippen molar-refractivity contribution in [3.8, 4) is 0 Å². The van der Waals surface area contributed by atoms with Crippen LogP contribution >= 0.6 is 0 Å². The number of fused-ring (bicyclic) bond motifs is 1. The summed E-state index contributed by atoms with van der Waals surface area (Å²) in [6.45, 7) is 5.02. The lowest BCUT2D eigenvalue weighted by Crippen LogP contribution is -2.46. The zero-order chi connectivity index (χ0) is 18.9. The summed E-state index contributed by atoms with van der Waals surface area (Å²) in [6, 6.07) is 15.5. The second-order valence-corrected chi connectivity index (χ2v) is 8.77. The standard InChI is InChI=1S/C21H25N3O2S/c22-27(25,26)20-9-7-19(8-10-20)24-15-13-23(14-16-24)12-11-18-6-5-17-3-1-2-4-21(17)18/h1-4,6-10H,5,11-16H2,(H2,22,25,26). The van der Waals surface area contributed by atoms with Crippen LogP contribution in [-0.4, -0.2) is 46.0 Å². The molecule has 0 bridgehead atoms. The number of allylic oxidation sites excluding steroid dienone is 1. The number of rotatable bonds is 5. The van der Waals surface area contributed by atoms with Gasteiger partial charge in [0, 0.05) is 38.4 Å². The molecular weight excluding hydrogens is 358 g/mol. The number of nitrogens with two attached hydrogens (primary N) is 1. The second kappa shape index (κ2) is 7.46. The number of piperazine rings is 1. The van der Waals surface area contributed by atoms with Gasteiger partial charge in [-0.2, -0.15) is 0 Å². The molecule has 1 aliphatic heterocycles. The third-order valence-electron chi connectivity index (χ3n) is 5.53. The van der Waals surface area contributed by atoms with Gasteiger partial charge in [0.2, 0.25) is 10.0 Å². The van der Waals surface area contributed by atoms with Crippen LogP contribution in [0.25, 0.3) is 5.57 Å². The second-order valence-electron chi connectivity index (χ2n) is 7.21. The Labute approximate surface area is 161 Å². The molecule has 0 aromatic heterocycles. The normalized spacial score (nSPS) is 17.7. The molecule has 1 saturated heterocycles. The van der Waals surface area contributed by atoms with Gasteiger partial charge in [0.15, 0.2) is 0 Å². The molecule has 2 aromatic rings. The lowest BCUT2D eigenvalue weighted by atomic mass is 10.0. The topological polar surface area (TPSA) is 66.6 Å². The monoisotopic (exact) mass is 383 g/mol. The summed E-state index contributed by atoms with van der Waals surface area (Å²) in [5.74, 6) is 0. The Morgan fingerprint density at radius 1 is 0.926 bits per heavy atom. The van der Waals surface area contributed by atoms with Crippen molar-refractivity contribution in [2.75, 3.05) is 37.6 Å². The van der Waals surface area contributed by atoms with E-state index in [4.69, 9.17) is 5.14 Å². The Morgan fingerprint density at radius 2 is 1.63 bits per heavy atom. The van der Waals surface area contributed by atoms with Crippen molar-refractivity contribution in [3.05, 3.63) is 65.7 Å². The molecule has 0 spiro atoms. The van der Waals surface area contributed by atoms with Crippen molar-refractivity contribution in [2.45, 2.75) is 17.7 Å². The average molecular weight is 384 g/mol. The van der Waals surface area contributed by atoms with E-state index in [1.54, 1.807) is 12.1 Å². The van der Waals surface area contributed by atoms with Crippen molar-refractivity contribution in [3.63, 3.8) is 0 Å². The third kappa shape index (κ3) is 4.08. The van der Waals surface area contributed by atoms with Crippen LogP contribution in [0.2, 0.25) is 0 Å². The van der Waals surface area contributed by atoms with Gasteiger partial charge < -0.3 is 4.90 Å².